The van der Waals surface area contributed by atoms with Crippen molar-refractivity contribution in [3.63, 3.8) is 0 Å². The molecule has 1 saturated heterocycles. The molecule has 1 fully saturated rings. The number of nitriles is 1. The number of nitrogens with two attached hydrogens (primary N) is 2. The SMILES string of the molecule is N#Cc1c(NCCN2CCOCC2)sc(C(N)=O)c1N. The van der Waals surface area contributed by atoms with E-state index in [-0.39, 0.29) is 10.6 Å². The van der Waals surface area contributed by atoms with Gasteiger partial charge in [0.05, 0.1) is 18.9 Å². The molecular formula is C12H17N5O2S. The summed E-state index contributed by atoms with van der Waals surface area (Å²) >= 11 is 1.13. The lowest BCUT2D eigenvalue weighted by Gasteiger charge is -2.26. The van der Waals surface area contributed by atoms with E-state index in [1.165, 1.54) is 0 Å². The fraction of sp³-hybridized carbons (Fsp3) is 0.500. The quantitative estimate of drug-likeness (QED) is 0.706. The van der Waals surface area contributed by atoms with Gasteiger partial charge in [-0.2, -0.15) is 5.26 Å². The third-order valence-electron chi connectivity index (χ3n) is 3.10. The summed E-state index contributed by atoms with van der Waals surface area (Å²) in [7, 11) is 0. The van der Waals surface area contributed by atoms with Gasteiger partial charge in [-0.15, -0.1) is 11.3 Å². The van der Waals surface area contributed by atoms with Crippen LogP contribution in [-0.4, -0.2) is 50.2 Å². The van der Waals surface area contributed by atoms with Crippen LogP contribution in [0.1, 0.15) is 15.2 Å². The zero-order chi connectivity index (χ0) is 14.5. The van der Waals surface area contributed by atoms with Crippen LogP contribution in [-0.2, 0) is 4.74 Å². The predicted molar refractivity (Wildman–Crippen MR) is 77.7 cm³/mol. The van der Waals surface area contributed by atoms with Crippen LogP contribution in [0.2, 0.25) is 0 Å². The van der Waals surface area contributed by atoms with Crippen LogP contribution in [0.15, 0.2) is 0 Å². The molecule has 0 atom stereocenters. The number of primary amides is 1. The lowest BCUT2D eigenvalue weighted by Crippen LogP contribution is -2.38. The Morgan fingerprint density at radius 2 is 2.20 bits per heavy atom. The van der Waals surface area contributed by atoms with E-state index < -0.39 is 5.91 Å². The molecule has 5 N–H and O–H groups in total. The second kappa shape index (κ2) is 6.56. The third kappa shape index (κ3) is 3.19. The molecule has 0 bridgehead atoms. The van der Waals surface area contributed by atoms with Gasteiger partial charge in [-0.3, -0.25) is 9.69 Å². The molecule has 1 aliphatic rings. The Morgan fingerprint density at radius 1 is 1.50 bits per heavy atom. The highest BCUT2D eigenvalue weighted by molar-refractivity contribution is 7.18. The second-order valence-electron chi connectivity index (χ2n) is 4.41. The van der Waals surface area contributed by atoms with Crippen molar-refractivity contribution in [1.82, 2.24) is 4.90 Å². The number of nitrogens with one attached hydrogen (secondary N) is 1. The molecule has 1 aliphatic heterocycles. The first-order valence-corrected chi connectivity index (χ1v) is 7.11. The number of rotatable bonds is 5. The fourth-order valence-corrected chi connectivity index (χ4v) is 2.96. The van der Waals surface area contributed by atoms with Crippen molar-refractivity contribution in [2.24, 2.45) is 5.73 Å². The smallest absolute Gasteiger partial charge is 0.261 e. The van der Waals surface area contributed by atoms with Crippen LogP contribution in [0.25, 0.3) is 0 Å². The summed E-state index contributed by atoms with van der Waals surface area (Å²) in [6.07, 6.45) is 0. The monoisotopic (exact) mass is 295 g/mol. The third-order valence-corrected chi connectivity index (χ3v) is 4.28. The topological polar surface area (TPSA) is 117 Å². The Bertz CT molecular complexity index is 531. The number of carbonyl (C=O) groups excluding carboxylic acids is 1. The molecule has 108 valence electrons. The molecule has 8 heteroatoms. The van der Waals surface area contributed by atoms with Crippen molar-refractivity contribution in [2.75, 3.05) is 50.4 Å². The maximum Gasteiger partial charge on any atom is 0.261 e. The van der Waals surface area contributed by atoms with E-state index in [0.717, 1.165) is 44.2 Å². The Kier molecular flexibility index (Phi) is 4.79. The summed E-state index contributed by atoms with van der Waals surface area (Å²) in [5, 5.41) is 12.9. The lowest BCUT2D eigenvalue weighted by atomic mass is 10.2. The number of nitrogen functional groups attached to an aromatic ring is 1. The Morgan fingerprint density at radius 3 is 2.80 bits per heavy atom. The van der Waals surface area contributed by atoms with Gasteiger partial charge in [0.1, 0.15) is 21.5 Å². The van der Waals surface area contributed by atoms with Crippen LogP contribution < -0.4 is 16.8 Å². The van der Waals surface area contributed by atoms with Crippen LogP contribution in [0.4, 0.5) is 10.7 Å². The lowest BCUT2D eigenvalue weighted by molar-refractivity contribution is 0.0398. The summed E-state index contributed by atoms with van der Waals surface area (Å²) < 4.78 is 5.28. The Hall–Kier alpha value is -1.82. The summed E-state index contributed by atoms with van der Waals surface area (Å²) in [6, 6.07) is 2.01. The minimum atomic E-state index is -0.606. The minimum absolute atomic E-state index is 0.166. The normalized spacial score (nSPS) is 15.8. The first-order chi connectivity index (χ1) is 9.63. The molecular weight excluding hydrogens is 278 g/mol. The van der Waals surface area contributed by atoms with Gasteiger partial charge in [-0.1, -0.05) is 0 Å². The number of morpholine rings is 1. The van der Waals surface area contributed by atoms with Crippen molar-refractivity contribution in [1.29, 1.82) is 5.26 Å². The molecule has 0 saturated carbocycles. The van der Waals surface area contributed by atoms with Gasteiger partial charge in [-0.25, -0.2) is 0 Å². The molecule has 1 amide bonds. The summed E-state index contributed by atoms with van der Waals surface area (Å²) in [5.41, 5.74) is 11.4. The molecule has 7 nitrogen and oxygen atoms in total. The average molecular weight is 295 g/mol. The molecule has 0 unspecified atom stereocenters. The predicted octanol–water partition coefficient (Wildman–Crippen LogP) is 0.0450. The van der Waals surface area contributed by atoms with Crippen LogP contribution in [0.5, 0.6) is 0 Å². The first-order valence-electron chi connectivity index (χ1n) is 6.29. The van der Waals surface area contributed by atoms with Crippen molar-refractivity contribution in [3.05, 3.63) is 10.4 Å². The van der Waals surface area contributed by atoms with E-state index in [9.17, 15) is 4.79 Å². The van der Waals surface area contributed by atoms with E-state index >= 15 is 0 Å². The van der Waals surface area contributed by atoms with Crippen molar-refractivity contribution >= 4 is 27.9 Å². The van der Waals surface area contributed by atoms with Crippen LogP contribution in [0.3, 0.4) is 0 Å². The summed E-state index contributed by atoms with van der Waals surface area (Å²) in [4.78, 5) is 13.7. The van der Waals surface area contributed by atoms with E-state index in [2.05, 4.69) is 10.2 Å². The Balaban J connectivity index is 1.97. The minimum Gasteiger partial charge on any atom is -0.396 e. The van der Waals surface area contributed by atoms with Crippen molar-refractivity contribution < 1.29 is 9.53 Å². The van der Waals surface area contributed by atoms with Crippen molar-refractivity contribution in [2.45, 2.75) is 0 Å². The standard InChI is InChI=1S/C12H17N5O2S/c13-7-8-9(14)10(11(15)18)20-12(8)16-1-2-17-3-5-19-6-4-17/h16H,1-6,14H2,(H2,15,18). The highest BCUT2D eigenvalue weighted by Crippen LogP contribution is 2.34. The number of carbonyl (C=O) groups is 1. The van der Waals surface area contributed by atoms with E-state index in [1.54, 1.807) is 0 Å². The summed E-state index contributed by atoms with van der Waals surface area (Å²) in [6.45, 7) is 4.84. The number of ether oxygens (including phenoxy) is 1. The number of anilines is 2. The molecule has 0 radical (unpaired) electrons. The molecule has 20 heavy (non-hydrogen) atoms. The van der Waals surface area contributed by atoms with Gasteiger partial charge in [0.15, 0.2) is 0 Å². The van der Waals surface area contributed by atoms with E-state index in [4.69, 9.17) is 21.5 Å². The molecule has 2 rings (SSSR count). The Labute approximate surface area is 121 Å². The van der Waals surface area contributed by atoms with Gasteiger partial charge in [0, 0.05) is 26.2 Å². The highest BCUT2D eigenvalue weighted by Gasteiger charge is 2.19. The van der Waals surface area contributed by atoms with Gasteiger partial charge in [0.25, 0.3) is 5.91 Å². The van der Waals surface area contributed by atoms with Gasteiger partial charge in [-0.05, 0) is 0 Å². The molecule has 2 heterocycles. The number of amides is 1. The fourth-order valence-electron chi connectivity index (χ4n) is 2.01. The van der Waals surface area contributed by atoms with E-state index in [1.807, 2.05) is 6.07 Å². The molecule has 0 aliphatic carbocycles. The summed E-state index contributed by atoms with van der Waals surface area (Å²) in [5.74, 6) is -0.606. The maximum absolute atomic E-state index is 11.2. The van der Waals surface area contributed by atoms with Crippen LogP contribution in [0, 0.1) is 11.3 Å². The molecule has 0 spiro atoms. The van der Waals surface area contributed by atoms with E-state index in [0.29, 0.717) is 17.1 Å². The highest BCUT2D eigenvalue weighted by atomic mass is 32.1. The average Bonchev–Trinajstić information content (AvgIpc) is 2.76. The molecule has 1 aromatic rings. The van der Waals surface area contributed by atoms with Gasteiger partial charge < -0.3 is 21.5 Å². The number of hydrogen-bond acceptors (Lipinski definition) is 7. The zero-order valence-corrected chi connectivity index (χ0v) is 11.8. The molecule has 1 aromatic heterocycles. The maximum atomic E-state index is 11.2. The largest absolute Gasteiger partial charge is 0.396 e. The van der Waals surface area contributed by atoms with Gasteiger partial charge >= 0.3 is 0 Å². The number of thiophene rings is 1. The number of hydrogen-bond donors (Lipinski definition) is 3. The van der Waals surface area contributed by atoms with Gasteiger partial charge in [0.2, 0.25) is 0 Å². The first kappa shape index (κ1) is 14.6. The second-order valence-corrected chi connectivity index (χ2v) is 5.43. The molecule has 0 aromatic carbocycles. The zero-order valence-electron chi connectivity index (χ0n) is 11.0. The van der Waals surface area contributed by atoms with Crippen molar-refractivity contribution in [3.8, 4) is 6.07 Å². The van der Waals surface area contributed by atoms with Crippen LogP contribution >= 0.6 is 11.3 Å². The number of nitrogens with zero attached hydrogens (tertiary/aromatic N) is 2.